The largest absolute Gasteiger partial charge is 0.390 e. The lowest BCUT2D eigenvalue weighted by molar-refractivity contribution is 0.00744. The van der Waals surface area contributed by atoms with Crippen LogP contribution in [0.15, 0.2) is 0 Å². The van der Waals surface area contributed by atoms with E-state index in [0.717, 1.165) is 44.9 Å². The molecule has 2 atom stereocenters. The lowest BCUT2D eigenvalue weighted by Crippen LogP contribution is -2.25. The summed E-state index contributed by atoms with van der Waals surface area (Å²) in [6, 6.07) is 0. The maximum absolute atomic E-state index is 9.52. The molecule has 0 aliphatic rings. The van der Waals surface area contributed by atoms with Crippen molar-refractivity contribution in [2.24, 2.45) is 0 Å². The van der Waals surface area contributed by atoms with E-state index in [2.05, 4.69) is 13.8 Å². The molecule has 0 rings (SSSR count). The van der Waals surface area contributed by atoms with Gasteiger partial charge in [0.25, 0.3) is 0 Å². The Bertz CT molecular complexity index is 104. The van der Waals surface area contributed by atoms with E-state index in [1.165, 1.54) is 0 Å². The van der Waals surface area contributed by atoms with Gasteiger partial charge in [-0.1, -0.05) is 46.0 Å². The normalized spacial score (nSPS) is 15.7. The fourth-order valence-corrected chi connectivity index (χ4v) is 1.40. The van der Waals surface area contributed by atoms with Gasteiger partial charge in [-0.15, -0.1) is 0 Å². The highest BCUT2D eigenvalue weighted by Gasteiger charge is 2.14. The summed E-state index contributed by atoms with van der Waals surface area (Å²) >= 11 is 0. The Balaban J connectivity index is 3.38. The van der Waals surface area contributed by atoms with Gasteiger partial charge in [0.05, 0.1) is 12.2 Å². The lowest BCUT2D eigenvalue weighted by Gasteiger charge is -2.17. The summed E-state index contributed by atoms with van der Waals surface area (Å²) in [7, 11) is 0. The fraction of sp³-hybridized carbons (Fsp3) is 1.00. The zero-order valence-corrected chi connectivity index (χ0v) is 9.00. The van der Waals surface area contributed by atoms with Gasteiger partial charge in [0.2, 0.25) is 0 Å². The molecule has 2 N–H and O–H groups in total. The first kappa shape index (κ1) is 12.9. The van der Waals surface area contributed by atoms with E-state index in [0.29, 0.717) is 0 Å². The Kier molecular flexibility index (Phi) is 8.46. The molecule has 2 heteroatoms. The van der Waals surface area contributed by atoms with Crippen LogP contribution in [0.2, 0.25) is 0 Å². The third-order valence-electron chi connectivity index (χ3n) is 2.40. The molecule has 2 unspecified atom stereocenters. The summed E-state index contributed by atoms with van der Waals surface area (Å²) in [4.78, 5) is 0. The molecule has 0 amide bonds. The molecule has 0 aliphatic carbocycles. The van der Waals surface area contributed by atoms with Gasteiger partial charge in [0, 0.05) is 0 Å². The smallest absolute Gasteiger partial charge is 0.0799 e. The maximum atomic E-state index is 9.52. The second-order valence-electron chi connectivity index (χ2n) is 3.77. The topological polar surface area (TPSA) is 40.5 Å². The van der Waals surface area contributed by atoms with E-state index in [4.69, 9.17) is 0 Å². The third-order valence-corrected chi connectivity index (χ3v) is 2.40. The van der Waals surface area contributed by atoms with Crippen LogP contribution in [-0.4, -0.2) is 22.4 Å². The van der Waals surface area contributed by atoms with E-state index in [9.17, 15) is 10.2 Å². The van der Waals surface area contributed by atoms with Crippen molar-refractivity contribution in [1.82, 2.24) is 0 Å². The molecular formula is C11H24O2. The molecule has 13 heavy (non-hydrogen) atoms. The molecule has 0 aromatic heterocycles. The maximum Gasteiger partial charge on any atom is 0.0799 e. The highest BCUT2D eigenvalue weighted by atomic mass is 16.3. The standard InChI is InChI=1S/C11H24O2/c1-3-5-7-9-11(13)10(12)8-6-4-2/h10-13H,3-9H2,1-2H3. The molecule has 2 nitrogen and oxygen atoms in total. The zero-order chi connectivity index (χ0) is 10.1. The highest BCUT2D eigenvalue weighted by Crippen LogP contribution is 2.11. The van der Waals surface area contributed by atoms with Gasteiger partial charge in [0.15, 0.2) is 0 Å². The summed E-state index contributed by atoms with van der Waals surface area (Å²) in [6.45, 7) is 4.23. The highest BCUT2D eigenvalue weighted by molar-refractivity contribution is 4.66. The Labute approximate surface area is 82.0 Å². The second kappa shape index (κ2) is 8.52. The van der Waals surface area contributed by atoms with E-state index in [-0.39, 0.29) is 0 Å². The lowest BCUT2D eigenvalue weighted by atomic mass is 10.0. The van der Waals surface area contributed by atoms with Crippen LogP contribution in [0.4, 0.5) is 0 Å². The zero-order valence-electron chi connectivity index (χ0n) is 9.00. The van der Waals surface area contributed by atoms with Crippen LogP contribution >= 0.6 is 0 Å². The number of hydrogen-bond donors (Lipinski definition) is 2. The first-order valence-electron chi connectivity index (χ1n) is 5.58. The van der Waals surface area contributed by atoms with Gasteiger partial charge in [-0.3, -0.25) is 0 Å². The SMILES string of the molecule is CCCCCC(O)C(O)CCCC. The van der Waals surface area contributed by atoms with Crippen LogP contribution in [0, 0.1) is 0 Å². The van der Waals surface area contributed by atoms with E-state index in [1.807, 2.05) is 0 Å². The van der Waals surface area contributed by atoms with Gasteiger partial charge in [-0.05, 0) is 12.8 Å². The van der Waals surface area contributed by atoms with Crippen molar-refractivity contribution in [2.45, 2.75) is 71.0 Å². The minimum absolute atomic E-state index is 0.502. The van der Waals surface area contributed by atoms with Crippen molar-refractivity contribution in [3.8, 4) is 0 Å². The average Bonchev–Trinajstić information content (AvgIpc) is 2.14. The molecule has 0 heterocycles. The molecular weight excluding hydrogens is 164 g/mol. The van der Waals surface area contributed by atoms with Crippen molar-refractivity contribution >= 4 is 0 Å². The van der Waals surface area contributed by atoms with Crippen molar-refractivity contribution in [3.63, 3.8) is 0 Å². The van der Waals surface area contributed by atoms with Crippen LogP contribution in [-0.2, 0) is 0 Å². The monoisotopic (exact) mass is 188 g/mol. The third kappa shape index (κ3) is 7.03. The number of aliphatic hydroxyl groups is 2. The van der Waals surface area contributed by atoms with E-state index < -0.39 is 12.2 Å². The number of rotatable bonds is 8. The van der Waals surface area contributed by atoms with Gasteiger partial charge < -0.3 is 10.2 Å². The Morgan fingerprint density at radius 3 is 1.69 bits per heavy atom. The number of aliphatic hydroxyl groups excluding tert-OH is 2. The van der Waals surface area contributed by atoms with Crippen LogP contribution in [0.5, 0.6) is 0 Å². The minimum atomic E-state index is -0.503. The molecule has 0 saturated carbocycles. The minimum Gasteiger partial charge on any atom is -0.390 e. The summed E-state index contributed by atoms with van der Waals surface area (Å²) in [5, 5.41) is 19.0. The van der Waals surface area contributed by atoms with E-state index >= 15 is 0 Å². The van der Waals surface area contributed by atoms with Crippen LogP contribution in [0.1, 0.15) is 58.8 Å². The number of hydrogen-bond acceptors (Lipinski definition) is 2. The molecule has 0 bridgehead atoms. The number of unbranched alkanes of at least 4 members (excludes halogenated alkanes) is 3. The predicted molar refractivity (Wildman–Crippen MR) is 55.7 cm³/mol. The van der Waals surface area contributed by atoms with Gasteiger partial charge in [-0.25, -0.2) is 0 Å². The summed E-state index contributed by atoms with van der Waals surface area (Å²) in [6.07, 6.45) is 5.92. The van der Waals surface area contributed by atoms with Crippen LogP contribution in [0.25, 0.3) is 0 Å². The van der Waals surface area contributed by atoms with Crippen LogP contribution in [0.3, 0.4) is 0 Å². The predicted octanol–water partition coefficient (Wildman–Crippen LogP) is 2.48. The average molecular weight is 188 g/mol. The fourth-order valence-electron chi connectivity index (χ4n) is 1.40. The van der Waals surface area contributed by atoms with Crippen molar-refractivity contribution in [3.05, 3.63) is 0 Å². The quantitative estimate of drug-likeness (QED) is 0.574. The van der Waals surface area contributed by atoms with Gasteiger partial charge >= 0.3 is 0 Å². The Morgan fingerprint density at radius 2 is 1.23 bits per heavy atom. The first-order chi connectivity index (χ1) is 6.22. The van der Waals surface area contributed by atoms with E-state index in [1.54, 1.807) is 0 Å². The second-order valence-corrected chi connectivity index (χ2v) is 3.77. The molecule has 0 aliphatic heterocycles. The molecule has 0 aromatic carbocycles. The molecule has 0 aromatic rings. The molecule has 0 fully saturated rings. The first-order valence-corrected chi connectivity index (χ1v) is 5.58. The summed E-state index contributed by atoms with van der Waals surface area (Å²) < 4.78 is 0. The Morgan fingerprint density at radius 1 is 0.769 bits per heavy atom. The van der Waals surface area contributed by atoms with Crippen LogP contribution < -0.4 is 0 Å². The van der Waals surface area contributed by atoms with Gasteiger partial charge in [0.1, 0.15) is 0 Å². The van der Waals surface area contributed by atoms with Crippen molar-refractivity contribution < 1.29 is 10.2 Å². The van der Waals surface area contributed by atoms with Gasteiger partial charge in [-0.2, -0.15) is 0 Å². The summed E-state index contributed by atoms with van der Waals surface area (Å²) in [5.41, 5.74) is 0. The molecule has 0 saturated heterocycles. The Hall–Kier alpha value is -0.0800. The van der Waals surface area contributed by atoms with Crippen molar-refractivity contribution in [1.29, 1.82) is 0 Å². The summed E-state index contributed by atoms with van der Waals surface area (Å²) in [5.74, 6) is 0. The molecule has 80 valence electrons. The molecule has 0 spiro atoms. The molecule has 0 radical (unpaired) electrons. The van der Waals surface area contributed by atoms with Crippen molar-refractivity contribution in [2.75, 3.05) is 0 Å².